The molecule has 0 heterocycles. The first-order valence-electron chi connectivity index (χ1n) is 12.3. The van der Waals surface area contributed by atoms with Crippen LogP contribution in [0.1, 0.15) is 111 Å². The van der Waals surface area contributed by atoms with Crippen LogP contribution in [0.3, 0.4) is 0 Å². The van der Waals surface area contributed by atoms with Gasteiger partial charge in [-0.15, -0.1) is 5.92 Å². The zero-order valence-corrected chi connectivity index (χ0v) is 18.8. The fourth-order valence-corrected chi connectivity index (χ4v) is 5.92. The third-order valence-electron chi connectivity index (χ3n) is 7.71. The molecule has 0 nitrogen and oxygen atoms in total. The molecule has 0 heteroatoms. The van der Waals surface area contributed by atoms with Crippen molar-refractivity contribution in [3.63, 3.8) is 0 Å². The van der Waals surface area contributed by atoms with Gasteiger partial charge in [-0.1, -0.05) is 96.6 Å². The van der Waals surface area contributed by atoms with Crippen LogP contribution in [0.25, 0.3) is 0 Å². The van der Waals surface area contributed by atoms with Crippen molar-refractivity contribution >= 4 is 0 Å². The molecule has 2 aliphatic rings. The Labute approximate surface area is 171 Å². The molecule has 0 aromatic carbocycles. The van der Waals surface area contributed by atoms with E-state index in [2.05, 4.69) is 51.7 Å². The van der Waals surface area contributed by atoms with Crippen molar-refractivity contribution in [3.8, 4) is 11.8 Å². The van der Waals surface area contributed by atoms with E-state index in [-0.39, 0.29) is 0 Å². The largest absolute Gasteiger partial charge is 0.103 e. The molecule has 0 bridgehead atoms. The van der Waals surface area contributed by atoms with Crippen LogP contribution >= 0.6 is 0 Å². The van der Waals surface area contributed by atoms with Crippen LogP contribution in [-0.4, -0.2) is 0 Å². The van der Waals surface area contributed by atoms with E-state index in [0.717, 1.165) is 36.0 Å². The normalized spacial score (nSPS) is 23.7. The van der Waals surface area contributed by atoms with Crippen molar-refractivity contribution in [3.05, 3.63) is 12.2 Å². The summed E-state index contributed by atoms with van der Waals surface area (Å²) in [6.07, 6.45) is 23.1. The quantitative estimate of drug-likeness (QED) is 0.282. The highest BCUT2D eigenvalue weighted by atomic mass is 14.4. The second-order valence-electron chi connectivity index (χ2n) is 9.50. The van der Waals surface area contributed by atoms with Gasteiger partial charge in [0.05, 0.1) is 0 Å². The average molecular weight is 371 g/mol. The van der Waals surface area contributed by atoms with E-state index in [4.69, 9.17) is 0 Å². The minimum atomic E-state index is 0.617. The van der Waals surface area contributed by atoms with Crippen LogP contribution < -0.4 is 0 Å². The van der Waals surface area contributed by atoms with Gasteiger partial charge in [0.15, 0.2) is 0 Å². The van der Waals surface area contributed by atoms with Gasteiger partial charge in [-0.05, 0) is 55.8 Å². The molecule has 0 radical (unpaired) electrons. The van der Waals surface area contributed by atoms with Crippen LogP contribution in [0.4, 0.5) is 0 Å². The zero-order chi connectivity index (χ0) is 19.5. The summed E-state index contributed by atoms with van der Waals surface area (Å²) in [5, 5.41) is 0. The Bertz CT molecular complexity index is 464. The second-order valence-corrected chi connectivity index (χ2v) is 9.50. The number of rotatable bonds is 9. The van der Waals surface area contributed by atoms with Gasteiger partial charge in [-0.25, -0.2) is 0 Å². The average Bonchev–Trinajstić information content (AvgIpc) is 3.24. The van der Waals surface area contributed by atoms with Crippen LogP contribution in [0.15, 0.2) is 12.2 Å². The zero-order valence-electron chi connectivity index (χ0n) is 18.8. The van der Waals surface area contributed by atoms with Gasteiger partial charge >= 0.3 is 0 Å². The fourth-order valence-electron chi connectivity index (χ4n) is 5.92. The molecule has 0 aliphatic heterocycles. The monoisotopic (exact) mass is 370 g/mol. The Hall–Kier alpha value is -0.700. The molecule has 2 rings (SSSR count). The number of hydrogen-bond donors (Lipinski definition) is 0. The second kappa shape index (κ2) is 12.7. The number of allylic oxidation sites excluding steroid dienone is 2. The summed E-state index contributed by atoms with van der Waals surface area (Å²) in [5.41, 5.74) is 0. The molecule has 0 aromatic rings. The Kier molecular flexibility index (Phi) is 10.6. The van der Waals surface area contributed by atoms with E-state index < -0.39 is 0 Å². The molecule has 2 saturated carbocycles. The molecule has 154 valence electrons. The van der Waals surface area contributed by atoms with Gasteiger partial charge in [0.1, 0.15) is 0 Å². The van der Waals surface area contributed by atoms with Gasteiger partial charge in [0.25, 0.3) is 0 Å². The van der Waals surface area contributed by atoms with Gasteiger partial charge < -0.3 is 0 Å². The van der Waals surface area contributed by atoms with Crippen LogP contribution in [0.2, 0.25) is 0 Å². The van der Waals surface area contributed by atoms with E-state index in [1.165, 1.54) is 77.0 Å². The van der Waals surface area contributed by atoms with E-state index in [1.807, 2.05) is 0 Å². The lowest BCUT2D eigenvalue weighted by molar-refractivity contribution is 0.169. The van der Waals surface area contributed by atoms with Crippen molar-refractivity contribution in [2.24, 2.45) is 35.5 Å². The van der Waals surface area contributed by atoms with E-state index >= 15 is 0 Å². The molecule has 2 fully saturated rings. The molecule has 0 saturated heterocycles. The molecule has 2 aliphatic carbocycles. The molecule has 0 aromatic heterocycles. The standard InChI is InChI=1S/C27H46/c1-5-8-15-23(7-3)20-27(25-18-12-13-19-25)21-26(14-6-2)22(4)24-16-10-9-11-17-24/h6,14,22-27H,5,7,9-13,16-21H2,1-4H3. The van der Waals surface area contributed by atoms with Gasteiger partial charge in [-0.3, -0.25) is 0 Å². The van der Waals surface area contributed by atoms with Crippen LogP contribution in [0, 0.1) is 47.3 Å². The van der Waals surface area contributed by atoms with E-state index in [1.54, 1.807) is 0 Å². The van der Waals surface area contributed by atoms with Gasteiger partial charge in [-0.2, -0.15) is 0 Å². The summed E-state index contributed by atoms with van der Waals surface area (Å²) in [6.45, 7) is 9.32. The summed E-state index contributed by atoms with van der Waals surface area (Å²) in [7, 11) is 0. The Morgan fingerprint density at radius 1 is 0.889 bits per heavy atom. The maximum atomic E-state index is 3.60. The smallest absolute Gasteiger partial charge is 0.0203 e. The molecular formula is C27H46. The summed E-state index contributed by atoms with van der Waals surface area (Å²) in [5.74, 6) is 12.1. The molecule has 0 spiro atoms. The molecule has 0 amide bonds. The first kappa shape index (κ1) is 22.6. The Balaban J connectivity index is 2.08. The predicted molar refractivity (Wildman–Crippen MR) is 121 cm³/mol. The summed E-state index contributed by atoms with van der Waals surface area (Å²) >= 11 is 0. The van der Waals surface area contributed by atoms with Gasteiger partial charge in [0, 0.05) is 12.3 Å². The molecule has 4 unspecified atom stereocenters. The minimum Gasteiger partial charge on any atom is -0.103 e. The summed E-state index contributed by atoms with van der Waals surface area (Å²) in [6, 6.07) is 0. The Morgan fingerprint density at radius 2 is 1.52 bits per heavy atom. The highest BCUT2D eigenvalue weighted by Crippen LogP contribution is 2.42. The SMILES string of the molecule is CC=CC(CC(CC(C#CCC)CC)C1CCCC1)C(C)C1CCCCC1. The van der Waals surface area contributed by atoms with Crippen molar-refractivity contribution in [2.45, 2.75) is 111 Å². The van der Waals surface area contributed by atoms with E-state index in [0.29, 0.717) is 5.92 Å². The lowest BCUT2D eigenvalue weighted by Crippen LogP contribution is -2.26. The Morgan fingerprint density at radius 3 is 2.11 bits per heavy atom. The lowest BCUT2D eigenvalue weighted by Gasteiger charge is -2.36. The topological polar surface area (TPSA) is 0 Å². The third-order valence-corrected chi connectivity index (χ3v) is 7.71. The maximum Gasteiger partial charge on any atom is 0.0203 e. The first-order valence-corrected chi connectivity index (χ1v) is 12.3. The molecule has 0 N–H and O–H groups in total. The maximum absolute atomic E-state index is 3.60. The summed E-state index contributed by atoms with van der Waals surface area (Å²) < 4.78 is 0. The highest BCUT2D eigenvalue weighted by molar-refractivity contribution is 5.04. The first-order chi connectivity index (χ1) is 13.2. The van der Waals surface area contributed by atoms with Crippen LogP contribution in [0.5, 0.6) is 0 Å². The van der Waals surface area contributed by atoms with Crippen molar-refractivity contribution in [1.82, 2.24) is 0 Å². The minimum absolute atomic E-state index is 0.617. The lowest BCUT2D eigenvalue weighted by atomic mass is 9.69. The predicted octanol–water partition coefficient (Wildman–Crippen LogP) is 8.42. The van der Waals surface area contributed by atoms with Crippen LogP contribution in [-0.2, 0) is 0 Å². The third kappa shape index (κ3) is 7.33. The van der Waals surface area contributed by atoms with E-state index in [9.17, 15) is 0 Å². The number of hydrogen-bond acceptors (Lipinski definition) is 0. The molecule has 27 heavy (non-hydrogen) atoms. The van der Waals surface area contributed by atoms with Crippen molar-refractivity contribution in [2.75, 3.05) is 0 Å². The van der Waals surface area contributed by atoms with Crippen molar-refractivity contribution in [1.29, 1.82) is 0 Å². The fraction of sp³-hybridized carbons (Fsp3) is 0.852. The van der Waals surface area contributed by atoms with Gasteiger partial charge in [0.2, 0.25) is 0 Å². The van der Waals surface area contributed by atoms with Crippen molar-refractivity contribution < 1.29 is 0 Å². The summed E-state index contributed by atoms with van der Waals surface area (Å²) in [4.78, 5) is 0. The molecule has 4 atom stereocenters. The molecular weight excluding hydrogens is 324 g/mol. The highest BCUT2D eigenvalue weighted by Gasteiger charge is 2.32.